The molecule has 1 saturated heterocycles. The molecule has 0 aromatic heterocycles. The van der Waals surface area contributed by atoms with Crippen molar-refractivity contribution in [3.63, 3.8) is 0 Å². The summed E-state index contributed by atoms with van der Waals surface area (Å²) in [6.45, 7) is 7.11. The topological polar surface area (TPSA) is 37.4 Å². The van der Waals surface area contributed by atoms with E-state index in [1.807, 2.05) is 12.1 Å². The number of benzene rings is 2. The third-order valence-corrected chi connectivity index (χ3v) is 6.42. The van der Waals surface area contributed by atoms with E-state index in [2.05, 4.69) is 35.7 Å². The molecule has 4 heteroatoms. The normalized spacial score (nSPS) is 15.4. The summed E-state index contributed by atoms with van der Waals surface area (Å²) in [6.07, 6.45) is 5.16. The number of nitrogens with zero attached hydrogens (tertiary/aromatic N) is 1. The first-order valence-electron chi connectivity index (χ1n) is 8.84. The third kappa shape index (κ3) is 4.59. The van der Waals surface area contributed by atoms with Crippen LogP contribution in [-0.2, 0) is 16.3 Å². The van der Waals surface area contributed by atoms with Crippen LogP contribution in [0.4, 0.5) is 0 Å². The van der Waals surface area contributed by atoms with Crippen molar-refractivity contribution >= 4 is 9.84 Å². The van der Waals surface area contributed by atoms with Crippen molar-refractivity contribution in [2.45, 2.75) is 24.2 Å². The lowest BCUT2D eigenvalue weighted by Crippen LogP contribution is -2.21. The number of rotatable bonds is 7. The van der Waals surface area contributed by atoms with Gasteiger partial charge in [0, 0.05) is 6.54 Å². The van der Waals surface area contributed by atoms with E-state index in [4.69, 9.17) is 0 Å². The first kappa shape index (κ1) is 17.9. The highest BCUT2D eigenvalue weighted by Crippen LogP contribution is 2.23. The lowest BCUT2D eigenvalue weighted by Gasteiger charge is -2.14. The smallest absolute Gasteiger partial charge is 0.181 e. The van der Waals surface area contributed by atoms with Crippen molar-refractivity contribution in [3.05, 3.63) is 66.7 Å². The van der Waals surface area contributed by atoms with Gasteiger partial charge >= 0.3 is 0 Å². The average Bonchev–Trinajstić information content (AvgIpc) is 3.14. The molecule has 0 bridgehead atoms. The van der Waals surface area contributed by atoms with Crippen LogP contribution < -0.4 is 0 Å². The lowest BCUT2D eigenvalue weighted by atomic mass is 10.0. The molecule has 0 saturated carbocycles. The standard InChI is InChI=1S/C21H25NO2S/c1-2-17-25(23,24)21-11-9-20(10-12-21)19-7-5-18(6-8-19)13-16-22-14-3-4-15-22/h2,5-12H,1,3-4,13-17H2. The van der Waals surface area contributed by atoms with Gasteiger partial charge in [0.15, 0.2) is 9.84 Å². The highest BCUT2D eigenvalue weighted by Gasteiger charge is 2.12. The van der Waals surface area contributed by atoms with Gasteiger partial charge in [-0.15, -0.1) is 6.58 Å². The maximum absolute atomic E-state index is 12.0. The molecule has 1 aliphatic heterocycles. The van der Waals surface area contributed by atoms with Crippen LogP contribution in [0.5, 0.6) is 0 Å². The summed E-state index contributed by atoms with van der Waals surface area (Å²) in [7, 11) is -3.25. The van der Waals surface area contributed by atoms with E-state index in [-0.39, 0.29) is 5.75 Å². The van der Waals surface area contributed by atoms with E-state index in [0.29, 0.717) is 4.90 Å². The number of likely N-dealkylation sites (tertiary alicyclic amines) is 1. The first-order valence-corrected chi connectivity index (χ1v) is 10.5. The fourth-order valence-electron chi connectivity index (χ4n) is 3.26. The van der Waals surface area contributed by atoms with E-state index in [1.54, 1.807) is 12.1 Å². The number of hydrogen-bond acceptors (Lipinski definition) is 3. The van der Waals surface area contributed by atoms with Crippen LogP contribution in [0, 0.1) is 0 Å². The molecule has 132 valence electrons. The summed E-state index contributed by atoms with van der Waals surface area (Å²) in [4.78, 5) is 2.87. The van der Waals surface area contributed by atoms with Crippen LogP contribution in [0.3, 0.4) is 0 Å². The summed E-state index contributed by atoms with van der Waals surface area (Å²) in [5.74, 6) is -0.0297. The summed E-state index contributed by atoms with van der Waals surface area (Å²) in [6, 6.07) is 15.7. The third-order valence-electron chi connectivity index (χ3n) is 4.75. The summed E-state index contributed by atoms with van der Waals surface area (Å²) in [5.41, 5.74) is 3.49. The Morgan fingerprint density at radius 2 is 1.48 bits per heavy atom. The van der Waals surface area contributed by atoms with Gasteiger partial charge in [0.25, 0.3) is 0 Å². The quantitative estimate of drug-likeness (QED) is 0.706. The van der Waals surface area contributed by atoms with Crippen LogP contribution in [0.2, 0.25) is 0 Å². The molecule has 2 aromatic carbocycles. The zero-order chi connectivity index (χ0) is 17.7. The van der Waals surface area contributed by atoms with Crippen molar-refractivity contribution in [1.29, 1.82) is 0 Å². The summed E-state index contributed by atoms with van der Waals surface area (Å²) in [5, 5.41) is 0. The Morgan fingerprint density at radius 3 is 2.04 bits per heavy atom. The number of hydrogen-bond donors (Lipinski definition) is 0. The van der Waals surface area contributed by atoms with Gasteiger partial charge in [-0.25, -0.2) is 8.42 Å². The second-order valence-electron chi connectivity index (χ2n) is 6.59. The molecular weight excluding hydrogens is 330 g/mol. The van der Waals surface area contributed by atoms with Crippen LogP contribution >= 0.6 is 0 Å². The molecule has 0 aliphatic carbocycles. The minimum atomic E-state index is -3.25. The molecule has 1 fully saturated rings. The molecule has 1 heterocycles. The van der Waals surface area contributed by atoms with Gasteiger partial charge in [0.05, 0.1) is 10.6 Å². The fourth-order valence-corrected chi connectivity index (χ4v) is 4.32. The summed E-state index contributed by atoms with van der Waals surface area (Å²) >= 11 is 0. The molecule has 2 aromatic rings. The largest absolute Gasteiger partial charge is 0.303 e. The minimum Gasteiger partial charge on any atom is -0.303 e. The fraction of sp³-hybridized carbons (Fsp3) is 0.333. The molecule has 25 heavy (non-hydrogen) atoms. The Labute approximate surface area is 150 Å². The SMILES string of the molecule is C=CCS(=O)(=O)c1ccc(-c2ccc(CCN3CCCC3)cc2)cc1. The number of sulfone groups is 1. The molecule has 3 rings (SSSR count). The molecular formula is C21H25NO2S. The average molecular weight is 356 g/mol. The molecule has 0 N–H and O–H groups in total. The predicted octanol–water partition coefficient (Wildman–Crippen LogP) is 3.95. The van der Waals surface area contributed by atoms with Gasteiger partial charge in [-0.1, -0.05) is 42.5 Å². The van der Waals surface area contributed by atoms with Gasteiger partial charge in [-0.2, -0.15) is 0 Å². The van der Waals surface area contributed by atoms with Gasteiger partial charge in [-0.3, -0.25) is 0 Å². The van der Waals surface area contributed by atoms with Crippen LogP contribution in [0.1, 0.15) is 18.4 Å². The maximum atomic E-state index is 12.0. The van der Waals surface area contributed by atoms with E-state index in [0.717, 1.165) is 24.1 Å². The van der Waals surface area contributed by atoms with E-state index in [1.165, 1.54) is 37.6 Å². The molecule has 0 radical (unpaired) electrons. The zero-order valence-corrected chi connectivity index (χ0v) is 15.3. The minimum absolute atomic E-state index is 0.0297. The van der Waals surface area contributed by atoms with Crippen molar-refractivity contribution in [1.82, 2.24) is 4.90 Å². The predicted molar refractivity (Wildman–Crippen MR) is 104 cm³/mol. The maximum Gasteiger partial charge on any atom is 0.181 e. The molecule has 0 amide bonds. The van der Waals surface area contributed by atoms with Crippen molar-refractivity contribution in [2.24, 2.45) is 0 Å². The monoisotopic (exact) mass is 355 g/mol. The van der Waals surface area contributed by atoms with Crippen LogP contribution in [0.25, 0.3) is 11.1 Å². The Hall–Kier alpha value is -1.91. The van der Waals surface area contributed by atoms with Crippen molar-refractivity contribution in [3.8, 4) is 11.1 Å². The zero-order valence-electron chi connectivity index (χ0n) is 14.5. The van der Waals surface area contributed by atoms with Gasteiger partial charge in [0.2, 0.25) is 0 Å². The highest BCUT2D eigenvalue weighted by atomic mass is 32.2. The van der Waals surface area contributed by atoms with E-state index >= 15 is 0 Å². The summed E-state index contributed by atoms with van der Waals surface area (Å²) < 4.78 is 24.1. The molecule has 0 atom stereocenters. The van der Waals surface area contributed by atoms with Crippen molar-refractivity contribution < 1.29 is 8.42 Å². The first-order chi connectivity index (χ1) is 12.1. The van der Waals surface area contributed by atoms with Crippen LogP contribution in [-0.4, -0.2) is 38.7 Å². The second kappa shape index (κ2) is 7.98. The molecule has 1 aliphatic rings. The van der Waals surface area contributed by atoms with E-state index < -0.39 is 9.84 Å². The lowest BCUT2D eigenvalue weighted by molar-refractivity contribution is 0.343. The highest BCUT2D eigenvalue weighted by molar-refractivity contribution is 7.91. The van der Waals surface area contributed by atoms with Gasteiger partial charge in [-0.05, 0) is 61.2 Å². The van der Waals surface area contributed by atoms with Gasteiger partial charge in [0.1, 0.15) is 0 Å². The van der Waals surface area contributed by atoms with Crippen molar-refractivity contribution in [2.75, 3.05) is 25.4 Å². The van der Waals surface area contributed by atoms with Gasteiger partial charge < -0.3 is 4.90 Å². The Morgan fingerprint density at radius 1 is 0.920 bits per heavy atom. The molecule has 0 unspecified atom stereocenters. The Bertz CT molecular complexity index is 802. The Balaban J connectivity index is 1.66. The molecule has 0 spiro atoms. The Kier molecular flexibility index (Phi) is 5.71. The second-order valence-corrected chi connectivity index (χ2v) is 8.62. The van der Waals surface area contributed by atoms with E-state index in [9.17, 15) is 8.42 Å². The van der Waals surface area contributed by atoms with Crippen LogP contribution in [0.15, 0.2) is 66.1 Å². The molecule has 3 nitrogen and oxygen atoms in total.